The van der Waals surface area contributed by atoms with Gasteiger partial charge < -0.3 is 9.47 Å². The van der Waals surface area contributed by atoms with Gasteiger partial charge in [0.15, 0.2) is 11.5 Å². The van der Waals surface area contributed by atoms with Crippen LogP contribution in [0.4, 0.5) is 4.39 Å². The van der Waals surface area contributed by atoms with Crippen LogP contribution in [0.3, 0.4) is 0 Å². The zero-order valence-corrected chi connectivity index (χ0v) is 7.69. The van der Waals surface area contributed by atoms with Crippen molar-refractivity contribution in [2.45, 2.75) is 13.3 Å². The molecule has 0 unspecified atom stereocenters. The molecular formula is C10H11FO2. The molecule has 0 fully saturated rings. The number of ether oxygens (including phenoxy) is 2. The van der Waals surface area contributed by atoms with Crippen LogP contribution in [0.15, 0.2) is 6.07 Å². The normalized spacial score (nSPS) is 13.8. The van der Waals surface area contributed by atoms with Crippen LogP contribution in [0.25, 0.3) is 0 Å². The Kier molecular flexibility index (Phi) is 1.87. The molecule has 1 aromatic carbocycles. The van der Waals surface area contributed by atoms with E-state index in [0.29, 0.717) is 35.7 Å². The van der Waals surface area contributed by atoms with E-state index in [2.05, 4.69) is 0 Å². The number of rotatable bonds is 1. The zero-order valence-electron chi connectivity index (χ0n) is 7.69. The summed E-state index contributed by atoms with van der Waals surface area (Å²) in [6.07, 6.45) is 0.638. The number of hydrogen-bond acceptors (Lipinski definition) is 2. The van der Waals surface area contributed by atoms with E-state index in [-0.39, 0.29) is 5.82 Å². The molecule has 0 saturated heterocycles. The Morgan fingerprint density at radius 2 is 2.31 bits per heavy atom. The monoisotopic (exact) mass is 182 g/mol. The minimum Gasteiger partial charge on any atom is -0.493 e. The third-order valence-electron chi connectivity index (χ3n) is 2.28. The van der Waals surface area contributed by atoms with E-state index in [0.717, 1.165) is 0 Å². The molecule has 1 aromatic rings. The van der Waals surface area contributed by atoms with E-state index in [1.807, 2.05) is 0 Å². The lowest BCUT2D eigenvalue weighted by molar-refractivity contribution is 0.325. The minimum absolute atomic E-state index is 0.159. The lowest BCUT2D eigenvalue weighted by Gasteiger charge is -2.08. The van der Waals surface area contributed by atoms with Gasteiger partial charge in [-0.2, -0.15) is 0 Å². The molecule has 0 aliphatic carbocycles. The first-order valence-electron chi connectivity index (χ1n) is 4.23. The minimum atomic E-state index is -0.159. The number of hydrogen-bond donors (Lipinski definition) is 0. The van der Waals surface area contributed by atoms with Crippen molar-refractivity contribution in [3.05, 3.63) is 23.0 Å². The molecule has 3 heteroatoms. The first-order valence-corrected chi connectivity index (χ1v) is 4.23. The van der Waals surface area contributed by atoms with Gasteiger partial charge in [-0.05, 0) is 18.6 Å². The lowest BCUT2D eigenvalue weighted by atomic mass is 10.1. The van der Waals surface area contributed by atoms with Crippen molar-refractivity contribution < 1.29 is 13.9 Å². The molecule has 0 saturated carbocycles. The first-order chi connectivity index (χ1) is 6.24. The van der Waals surface area contributed by atoms with Gasteiger partial charge in [0.25, 0.3) is 0 Å². The van der Waals surface area contributed by atoms with E-state index in [4.69, 9.17) is 9.47 Å². The van der Waals surface area contributed by atoms with Crippen LogP contribution in [-0.4, -0.2) is 13.7 Å². The molecule has 70 valence electrons. The fraction of sp³-hybridized carbons (Fsp3) is 0.400. The van der Waals surface area contributed by atoms with Crippen LogP contribution in [-0.2, 0) is 6.42 Å². The van der Waals surface area contributed by atoms with Crippen LogP contribution in [0.1, 0.15) is 11.1 Å². The summed E-state index contributed by atoms with van der Waals surface area (Å²) < 4.78 is 23.9. The average molecular weight is 182 g/mol. The fourth-order valence-electron chi connectivity index (χ4n) is 1.60. The molecule has 0 radical (unpaired) electrons. The molecule has 2 rings (SSSR count). The van der Waals surface area contributed by atoms with Crippen LogP contribution in [0.2, 0.25) is 0 Å². The summed E-state index contributed by atoms with van der Waals surface area (Å²) >= 11 is 0. The summed E-state index contributed by atoms with van der Waals surface area (Å²) in [4.78, 5) is 0. The Balaban J connectivity index is 2.64. The Labute approximate surface area is 76.3 Å². The summed E-state index contributed by atoms with van der Waals surface area (Å²) in [5, 5.41) is 0. The SMILES string of the molecule is COc1cc(C)c(F)c2c1OCC2. The smallest absolute Gasteiger partial charge is 0.167 e. The number of aryl methyl sites for hydroxylation is 1. The van der Waals surface area contributed by atoms with E-state index in [1.54, 1.807) is 20.1 Å². The molecule has 1 aliphatic rings. The first kappa shape index (κ1) is 8.35. The highest BCUT2D eigenvalue weighted by Gasteiger charge is 2.22. The molecule has 0 amide bonds. The number of benzene rings is 1. The van der Waals surface area contributed by atoms with E-state index < -0.39 is 0 Å². The van der Waals surface area contributed by atoms with Gasteiger partial charge in [-0.15, -0.1) is 0 Å². The highest BCUT2D eigenvalue weighted by molar-refractivity contribution is 5.52. The van der Waals surface area contributed by atoms with Gasteiger partial charge in [0.1, 0.15) is 5.82 Å². The van der Waals surface area contributed by atoms with E-state index in [1.165, 1.54) is 0 Å². The Bertz CT molecular complexity index is 347. The summed E-state index contributed by atoms with van der Waals surface area (Å²) in [5.41, 5.74) is 1.26. The Morgan fingerprint density at radius 1 is 1.54 bits per heavy atom. The third-order valence-corrected chi connectivity index (χ3v) is 2.28. The third kappa shape index (κ3) is 1.15. The molecule has 0 bridgehead atoms. The second-order valence-corrected chi connectivity index (χ2v) is 3.12. The summed E-state index contributed by atoms with van der Waals surface area (Å²) in [6.45, 7) is 2.28. The molecular weight excluding hydrogens is 171 g/mol. The van der Waals surface area contributed by atoms with E-state index >= 15 is 0 Å². The molecule has 0 N–H and O–H groups in total. The largest absolute Gasteiger partial charge is 0.493 e. The van der Waals surface area contributed by atoms with Crippen LogP contribution in [0, 0.1) is 12.7 Å². The van der Waals surface area contributed by atoms with Crippen molar-refractivity contribution in [3.63, 3.8) is 0 Å². The van der Waals surface area contributed by atoms with Crippen molar-refractivity contribution in [1.29, 1.82) is 0 Å². The maximum atomic E-state index is 13.5. The van der Waals surface area contributed by atoms with Gasteiger partial charge in [-0.1, -0.05) is 0 Å². The highest BCUT2D eigenvalue weighted by atomic mass is 19.1. The van der Waals surface area contributed by atoms with Crippen molar-refractivity contribution in [3.8, 4) is 11.5 Å². The number of methoxy groups -OCH3 is 1. The maximum Gasteiger partial charge on any atom is 0.167 e. The Hall–Kier alpha value is -1.25. The van der Waals surface area contributed by atoms with Gasteiger partial charge in [-0.25, -0.2) is 4.39 Å². The van der Waals surface area contributed by atoms with E-state index in [9.17, 15) is 4.39 Å². The summed E-state index contributed by atoms with van der Waals surface area (Å²) in [6, 6.07) is 1.67. The molecule has 0 atom stereocenters. The predicted molar refractivity (Wildman–Crippen MR) is 46.9 cm³/mol. The van der Waals surface area contributed by atoms with Crippen molar-refractivity contribution in [2.24, 2.45) is 0 Å². The average Bonchev–Trinajstić information content (AvgIpc) is 2.60. The molecule has 0 spiro atoms. The molecule has 0 aromatic heterocycles. The predicted octanol–water partition coefficient (Wildman–Crippen LogP) is 2.08. The topological polar surface area (TPSA) is 18.5 Å². The molecule has 1 aliphatic heterocycles. The summed E-state index contributed by atoms with van der Waals surface area (Å²) in [5.74, 6) is 1.05. The lowest BCUT2D eigenvalue weighted by Crippen LogP contribution is -1.93. The second kappa shape index (κ2) is 2.91. The van der Waals surface area contributed by atoms with Crippen LogP contribution >= 0.6 is 0 Å². The van der Waals surface area contributed by atoms with Gasteiger partial charge in [0.2, 0.25) is 0 Å². The van der Waals surface area contributed by atoms with Crippen molar-refractivity contribution in [1.82, 2.24) is 0 Å². The number of halogens is 1. The quantitative estimate of drug-likeness (QED) is 0.662. The summed E-state index contributed by atoms with van der Waals surface area (Å²) in [7, 11) is 1.56. The maximum absolute atomic E-state index is 13.5. The molecule has 1 heterocycles. The van der Waals surface area contributed by atoms with Crippen LogP contribution in [0.5, 0.6) is 11.5 Å². The standard InChI is InChI=1S/C10H11FO2/c1-6-5-8(12-2)10-7(9(6)11)3-4-13-10/h5H,3-4H2,1-2H3. The van der Waals surface area contributed by atoms with Gasteiger partial charge in [0.05, 0.1) is 13.7 Å². The van der Waals surface area contributed by atoms with Crippen LogP contribution < -0.4 is 9.47 Å². The van der Waals surface area contributed by atoms with Gasteiger partial charge in [-0.3, -0.25) is 0 Å². The number of fused-ring (bicyclic) bond motifs is 1. The fourth-order valence-corrected chi connectivity index (χ4v) is 1.60. The molecule has 13 heavy (non-hydrogen) atoms. The second-order valence-electron chi connectivity index (χ2n) is 3.12. The van der Waals surface area contributed by atoms with Gasteiger partial charge in [0, 0.05) is 12.0 Å². The highest BCUT2D eigenvalue weighted by Crippen LogP contribution is 2.38. The van der Waals surface area contributed by atoms with Gasteiger partial charge >= 0.3 is 0 Å². The Morgan fingerprint density at radius 3 is 3.00 bits per heavy atom. The zero-order chi connectivity index (χ0) is 9.42. The van der Waals surface area contributed by atoms with Crippen molar-refractivity contribution in [2.75, 3.05) is 13.7 Å². The molecule has 2 nitrogen and oxygen atoms in total. The van der Waals surface area contributed by atoms with Crippen molar-refractivity contribution >= 4 is 0 Å².